The number of rotatable bonds is 9. The molecule has 2 saturated heterocycles. The van der Waals surface area contributed by atoms with Gasteiger partial charge in [0, 0.05) is 0 Å². The SMILES string of the molecule is CC(C)[Si]1(C(C)C)OC[C@H]2O[C@@H](C)[C@@H](OCOCC(C(F)(F)F)C(F)(F)F)C2O[Si](C(C)C)(C(C)C)O1. The van der Waals surface area contributed by atoms with Gasteiger partial charge in [-0.1, -0.05) is 55.4 Å². The van der Waals surface area contributed by atoms with Gasteiger partial charge in [0.1, 0.15) is 25.1 Å². The minimum Gasteiger partial charge on any atom is -0.414 e. The van der Waals surface area contributed by atoms with Crippen LogP contribution in [0.25, 0.3) is 0 Å². The number of fused-ring (bicyclic) bond motifs is 1. The third-order valence-electron chi connectivity index (χ3n) is 7.29. The highest BCUT2D eigenvalue weighted by atomic mass is 28.5. The third kappa shape index (κ3) is 7.11. The van der Waals surface area contributed by atoms with Gasteiger partial charge in [0.05, 0.1) is 19.3 Å². The molecule has 0 aliphatic carbocycles. The van der Waals surface area contributed by atoms with Gasteiger partial charge in [-0.2, -0.15) is 26.3 Å². The molecule has 2 aliphatic rings. The van der Waals surface area contributed by atoms with Crippen molar-refractivity contribution in [3.05, 3.63) is 0 Å². The maximum absolute atomic E-state index is 12.8. The van der Waals surface area contributed by atoms with E-state index in [2.05, 4.69) is 27.7 Å². The molecule has 2 rings (SSSR count). The fourth-order valence-electron chi connectivity index (χ4n) is 5.22. The fraction of sp³-hybridized carbons (Fsp3) is 1.00. The lowest BCUT2D eigenvalue weighted by Crippen LogP contribution is -2.66. The van der Waals surface area contributed by atoms with Gasteiger partial charge in [0.15, 0.2) is 5.92 Å². The van der Waals surface area contributed by atoms with Crippen LogP contribution in [-0.2, 0) is 27.2 Å². The van der Waals surface area contributed by atoms with Crippen LogP contribution in [0.3, 0.4) is 0 Å². The van der Waals surface area contributed by atoms with Crippen LogP contribution in [0.15, 0.2) is 0 Å². The minimum atomic E-state index is -5.48. The van der Waals surface area contributed by atoms with E-state index >= 15 is 0 Å². The number of hydrogen-bond donors (Lipinski definition) is 0. The lowest BCUT2D eigenvalue weighted by atomic mass is 10.1. The molecule has 220 valence electrons. The molecule has 14 heteroatoms. The molecule has 0 amide bonds. The maximum Gasteiger partial charge on any atom is 0.402 e. The number of ether oxygens (including phenoxy) is 3. The molecule has 4 atom stereocenters. The maximum atomic E-state index is 12.8. The molecule has 0 saturated carbocycles. The molecule has 0 N–H and O–H groups in total. The molecule has 1 unspecified atom stereocenters. The van der Waals surface area contributed by atoms with Crippen molar-refractivity contribution in [2.75, 3.05) is 20.0 Å². The van der Waals surface area contributed by atoms with E-state index in [9.17, 15) is 26.3 Å². The van der Waals surface area contributed by atoms with E-state index in [-0.39, 0.29) is 28.8 Å². The van der Waals surface area contributed by atoms with Gasteiger partial charge in [-0.25, -0.2) is 0 Å². The first kappa shape index (κ1) is 33.0. The average Bonchev–Trinajstić information content (AvgIpc) is 2.99. The Balaban J connectivity index is 2.28. The lowest BCUT2D eigenvalue weighted by Gasteiger charge is -2.51. The first-order valence-corrected chi connectivity index (χ1v) is 16.7. The molecule has 37 heavy (non-hydrogen) atoms. The zero-order valence-corrected chi connectivity index (χ0v) is 25.0. The van der Waals surface area contributed by atoms with E-state index in [1.165, 1.54) is 0 Å². The molecule has 0 spiro atoms. The summed E-state index contributed by atoms with van der Waals surface area (Å²) in [4.78, 5) is 0. The van der Waals surface area contributed by atoms with E-state index < -0.39 is 73.2 Å². The average molecular weight is 585 g/mol. The second-order valence-electron chi connectivity index (χ2n) is 11.2. The summed E-state index contributed by atoms with van der Waals surface area (Å²) in [6.07, 6.45) is -13.5. The van der Waals surface area contributed by atoms with Crippen molar-refractivity contribution in [1.29, 1.82) is 0 Å². The monoisotopic (exact) mass is 584 g/mol. The quantitative estimate of drug-likeness (QED) is 0.128. The highest BCUT2D eigenvalue weighted by Gasteiger charge is 2.61. The number of alkyl halides is 6. The van der Waals surface area contributed by atoms with Crippen molar-refractivity contribution in [3.63, 3.8) is 0 Å². The van der Waals surface area contributed by atoms with Crippen molar-refractivity contribution in [2.24, 2.45) is 5.92 Å². The smallest absolute Gasteiger partial charge is 0.402 e. The summed E-state index contributed by atoms with van der Waals surface area (Å²) < 4.78 is 114. The molecule has 2 fully saturated rings. The molecule has 0 aromatic rings. The van der Waals surface area contributed by atoms with Crippen LogP contribution >= 0.6 is 0 Å². The topological polar surface area (TPSA) is 55.4 Å². The Morgan fingerprint density at radius 3 is 1.73 bits per heavy atom. The summed E-state index contributed by atoms with van der Waals surface area (Å²) in [6.45, 7) is 16.0. The Bertz CT molecular complexity index is 703. The largest absolute Gasteiger partial charge is 0.414 e. The summed E-state index contributed by atoms with van der Waals surface area (Å²) in [5.41, 5.74) is 0.302. The molecular formula is C23H42F6O6Si2. The van der Waals surface area contributed by atoms with Crippen molar-refractivity contribution in [3.8, 4) is 0 Å². The summed E-state index contributed by atoms with van der Waals surface area (Å²) in [5.74, 6) is -3.60. The van der Waals surface area contributed by atoms with Crippen LogP contribution in [0.1, 0.15) is 62.3 Å². The van der Waals surface area contributed by atoms with Crippen LogP contribution in [0.2, 0.25) is 22.2 Å². The van der Waals surface area contributed by atoms with Gasteiger partial charge in [0.25, 0.3) is 0 Å². The fourth-order valence-corrected chi connectivity index (χ4v) is 16.4. The van der Waals surface area contributed by atoms with Gasteiger partial charge < -0.3 is 27.2 Å². The standard InChI is InChI=1S/C23H42F6O6Si2/c1-13(2)36(14(3)4)32-10-18-21(34-37(35-36,15(5)6)16(7)8)20(17(9)33-18)31-12-30-11-19(22(24,25)26)23(27,28)29/h13-21H,10-12H2,1-9H3/t17-,18+,20+,21?/m0/s1. The van der Waals surface area contributed by atoms with Gasteiger partial charge in [0.2, 0.25) is 0 Å². The number of hydrogen-bond acceptors (Lipinski definition) is 6. The molecule has 6 nitrogen and oxygen atoms in total. The van der Waals surface area contributed by atoms with Crippen LogP contribution in [-0.4, -0.2) is 73.9 Å². The van der Waals surface area contributed by atoms with Gasteiger partial charge >= 0.3 is 29.5 Å². The Labute approximate surface area is 218 Å². The minimum absolute atomic E-state index is 0.0198. The first-order chi connectivity index (χ1) is 16.8. The Kier molecular flexibility index (Phi) is 10.8. The van der Waals surface area contributed by atoms with Crippen molar-refractivity contribution >= 4 is 17.1 Å². The summed E-state index contributed by atoms with van der Waals surface area (Å²) in [6, 6.07) is 0. The highest BCUT2D eigenvalue weighted by molar-refractivity contribution is 6.83. The zero-order chi connectivity index (χ0) is 28.6. The highest BCUT2D eigenvalue weighted by Crippen LogP contribution is 2.48. The van der Waals surface area contributed by atoms with E-state index in [1.54, 1.807) is 6.92 Å². The molecule has 0 aromatic carbocycles. The molecule has 2 heterocycles. The molecule has 0 radical (unpaired) electrons. The Hall–Kier alpha value is -0.226. The van der Waals surface area contributed by atoms with Crippen molar-refractivity contribution in [2.45, 2.75) is 121 Å². The lowest BCUT2D eigenvalue weighted by molar-refractivity contribution is -0.299. The molecular weight excluding hydrogens is 542 g/mol. The van der Waals surface area contributed by atoms with Crippen LogP contribution < -0.4 is 0 Å². The Morgan fingerprint density at radius 2 is 1.30 bits per heavy atom. The summed E-state index contributed by atoms with van der Waals surface area (Å²) in [7, 11) is -5.80. The van der Waals surface area contributed by atoms with E-state index in [1.807, 2.05) is 27.7 Å². The van der Waals surface area contributed by atoms with E-state index in [0.29, 0.717) is 0 Å². The van der Waals surface area contributed by atoms with E-state index in [4.69, 9.17) is 27.2 Å². The van der Waals surface area contributed by atoms with Gasteiger partial charge in [-0.15, -0.1) is 0 Å². The first-order valence-electron chi connectivity index (χ1n) is 12.8. The van der Waals surface area contributed by atoms with Crippen molar-refractivity contribution in [1.82, 2.24) is 0 Å². The van der Waals surface area contributed by atoms with Crippen LogP contribution in [0.4, 0.5) is 26.3 Å². The zero-order valence-electron chi connectivity index (χ0n) is 23.0. The molecule has 2 aliphatic heterocycles. The van der Waals surface area contributed by atoms with Crippen LogP contribution in [0, 0.1) is 5.92 Å². The predicted octanol–water partition coefficient (Wildman–Crippen LogP) is 6.83. The Morgan fingerprint density at radius 1 is 0.811 bits per heavy atom. The molecule has 0 aromatic heterocycles. The predicted molar refractivity (Wildman–Crippen MR) is 129 cm³/mol. The van der Waals surface area contributed by atoms with Gasteiger partial charge in [-0.05, 0) is 29.1 Å². The van der Waals surface area contributed by atoms with Gasteiger partial charge in [-0.3, -0.25) is 0 Å². The summed E-state index contributed by atoms with van der Waals surface area (Å²) >= 11 is 0. The normalized spacial score (nSPS) is 28.9. The summed E-state index contributed by atoms with van der Waals surface area (Å²) in [5, 5.41) is 0. The third-order valence-corrected chi connectivity index (χ3v) is 17.5. The van der Waals surface area contributed by atoms with E-state index in [0.717, 1.165) is 0 Å². The second kappa shape index (κ2) is 12.1. The van der Waals surface area contributed by atoms with Crippen molar-refractivity contribution < 1.29 is 53.5 Å². The second-order valence-corrected chi connectivity index (χ2v) is 20.0. The number of halogens is 6. The van der Waals surface area contributed by atoms with Crippen LogP contribution in [0.5, 0.6) is 0 Å². The molecule has 0 bridgehead atoms.